The summed E-state index contributed by atoms with van der Waals surface area (Å²) in [4.78, 5) is 20.7. The fraction of sp³-hybridized carbons (Fsp3) is 0.381. The van der Waals surface area contributed by atoms with Crippen LogP contribution < -0.4 is 15.8 Å². The molecule has 0 fully saturated rings. The molecule has 1 unspecified atom stereocenters. The Morgan fingerprint density at radius 2 is 1.91 bits per heavy atom. The van der Waals surface area contributed by atoms with Gasteiger partial charge in [-0.05, 0) is 51.1 Å². The number of amidine groups is 1. The molecule has 1 atom stereocenters. The SMILES string of the molecule is CN1CC(C)(c2cc(NC(=O)c3ccc(OC(F)F)cn3)ccc2F)N=C(N)C(C)(C)S1(=O)=O. The second-order valence-electron chi connectivity index (χ2n) is 8.45. The predicted octanol–water partition coefficient (Wildman–Crippen LogP) is 2.70. The van der Waals surface area contributed by atoms with Crippen LogP contribution in [0.3, 0.4) is 0 Å². The molecule has 2 heterocycles. The number of aliphatic imine (C=N–C) groups is 1. The average Bonchev–Trinajstić information content (AvgIpc) is 2.78. The number of nitrogens with two attached hydrogens (primary N) is 1. The lowest BCUT2D eigenvalue weighted by atomic mass is 9.91. The van der Waals surface area contributed by atoms with E-state index in [1.807, 2.05) is 0 Å². The first-order valence-corrected chi connectivity index (χ1v) is 11.5. The lowest BCUT2D eigenvalue weighted by Crippen LogP contribution is -2.50. The molecular formula is C21H24F3N5O4S. The maximum Gasteiger partial charge on any atom is 0.387 e. The van der Waals surface area contributed by atoms with E-state index in [1.165, 1.54) is 39.1 Å². The van der Waals surface area contributed by atoms with Crippen molar-refractivity contribution in [2.75, 3.05) is 18.9 Å². The van der Waals surface area contributed by atoms with E-state index in [0.29, 0.717) is 0 Å². The minimum Gasteiger partial charge on any atom is -0.433 e. The van der Waals surface area contributed by atoms with Gasteiger partial charge in [-0.2, -0.15) is 8.78 Å². The van der Waals surface area contributed by atoms with E-state index in [0.717, 1.165) is 22.6 Å². The molecule has 3 N–H and O–H groups in total. The number of pyridine rings is 1. The van der Waals surface area contributed by atoms with Crippen molar-refractivity contribution in [3.05, 3.63) is 53.6 Å². The molecule has 9 nitrogen and oxygen atoms in total. The number of hydrogen-bond acceptors (Lipinski definition) is 7. The van der Waals surface area contributed by atoms with Crippen LogP contribution in [0.1, 0.15) is 36.8 Å². The molecule has 0 spiro atoms. The standard InChI is InChI=1S/C21H24F3N5O4S/c1-20(2)18(25)28-21(3,11-29(4)34(20,31)32)14-9-12(5-7-15(14)22)27-17(30)16-8-6-13(10-26-16)33-19(23)24/h5-10,19H,11H2,1-4H3,(H2,25,28)(H,27,30). The molecule has 3 rings (SSSR count). The summed E-state index contributed by atoms with van der Waals surface area (Å²) >= 11 is 0. The van der Waals surface area contributed by atoms with Gasteiger partial charge >= 0.3 is 6.61 Å². The molecule has 184 valence electrons. The van der Waals surface area contributed by atoms with E-state index in [2.05, 4.69) is 20.0 Å². The topological polar surface area (TPSA) is 127 Å². The summed E-state index contributed by atoms with van der Waals surface area (Å²) in [5.41, 5.74) is 4.75. The van der Waals surface area contributed by atoms with E-state index < -0.39 is 38.6 Å². The average molecular weight is 500 g/mol. The minimum atomic E-state index is -3.87. The van der Waals surface area contributed by atoms with Crippen molar-refractivity contribution in [3.63, 3.8) is 0 Å². The van der Waals surface area contributed by atoms with Gasteiger partial charge in [0.2, 0.25) is 10.0 Å². The first kappa shape index (κ1) is 25.4. The Kier molecular flexibility index (Phi) is 6.64. The number of rotatable bonds is 5. The highest BCUT2D eigenvalue weighted by atomic mass is 32.2. The minimum absolute atomic E-state index is 0.0154. The van der Waals surface area contributed by atoms with Crippen molar-refractivity contribution in [3.8, 4) is 5.75 Å². The first-order valence-electron chi connectivity index (χ1n) is 10.0. The Bertz CT molecular complexity index is 1240. The molecule has 0 bridgehead atoms. The summed E-state index contributed by atoms with van der Waals surface area (Å²) in [5.74, 6) is -1.75. The highest BCUT2D eigenvalue weighted by molar-refractivity contribution is 7.91. The Balaban J connectivity index is 1.93. The Labute approximate surface area is 194 Å². The van der Waals surface area contributed by atoms with Crippen LogP contribution in [0.2, 0.25) is 0 Å². The van der Waals surface area contributed by atoms with Gasteiger partial charge in [0.05, 0.1) is 6.20 Å². The van der Waals surface area contributed by atoms with Crippen molar-refractivity contribution in [1.82, 2.24) is 9.29 Å². The molecule has 0 saturated carbocycles. The van der Waals surface area contributed by atoms with Crippen LogP contribution in [0.25, 0.3) is 0 Å². The molecule has 2 aromatic rings. The van der Waals surface area contributed by atoms with E-state index in [4.69, 9.17) is 5.73 Å². The van der Waals surface area contributed by atoms with E-state index in [1.54, 1.807) is 6.92 Å². The molecule has 0 aliphatic carbocycles. The maximum absolute atomic E-state index is 14.9. The van der Waals surface area contributed by atoms with E-state index >= 15 is 0 Å². The van der Waals surface area contributed by atoms with Crippen LogP contribution in [-0.4, -0.2) is 54.4 Å². The smallest absolute Gasteiger partial charge is 0.387 e. The molecule has 0 saturated heterocycles. The van der Waals surface area contributed by atoms with Crippen LogP contribution in [0.5, 0.6) is 5.75 Å². The van der Waals surface area contributed by atoms with Gasteiger partial charge in [-0.3, -0.25) is 9.79 Å². The summed E-state index contributed by atoms with van der Waals surface area (Å²) in [6.45, 7) is 1.16. The van der Waals surface area contributed by atoms with Crippen LogP contribution >= 0.6 is 0 Å². The number of sulfonamides is 1. The van der Waals surface area contributed by atoms with Gasteiger partial charge in [-0.25, -0.2) is 22.1 Å². The Morgan fingerprint density at radius 1 is 1.24 bits per heavy atom. The summed E-state index contributed by atoms with van der Waals surface area (Å²) in [6.07, 6.45) is 0.971. The van der Waals surface area contributed by atoms with Crippen LogP contribution in [-0.2, 0) is 15.6 Å². The van der Waals surface area contributed by atoms with Crippen molar-refractivity contribution in [2.45, 2.75) is 37.7 Å². The number of aromatic nitrogens is 1. The summed E-state index contributed by atoms with van der Waals surface area (Å²) in [7, 11) is -2.51. The van der Waals surface area contributed by atoms with Crippen molar-refractivity contribution >= 4 is 27.5 Å². The molecular weight excluding hydrogens is 475 g/mol. The number of likely N-dealkylation sites (N-methyl/N-ethyl adjacent to an activating group) is 1. The van der Waals surface area contributed by atoms with Gasteiger partial charge < -0.3 is 15.8 Å². The Morgan fingerprint density at radius 3 is 2.50 bits per heavy atom. The lowest BCUT2D eigenvalue weighted by molar-refractivity contribution is -0.0500. The number of benzene rings is 1. The van der Waals surface area contributed by atoms with Crippen LogP contribution in [0.15, 0.2) is 41.5 Å². The largest absolute Gasteiger partial charge is 0.433 e. The number of halogens is 3. The van der Waals surface area contributed by atoms with Gasteiger partial charge in [0.1, 0.15) is 33.4 Å². The Hall–Kier alpha value is -3.19. The van der Waals surface area contributed by atoms with Gasteiger partial charge in [0.25, 0.3) is 5.91 Å². The zero-order chi connectivity index (χ0) is 25.5. The molecule has 1 aromatic carbocycles. The fourth-order valence-corrected chi connectivity index (χ4v) is 5.03. The molecule has 34 heavy (non-hydrogen) atoms. The number of carbonyl (C=O) groups excluding carboxylic acids is 1. The number of alkyl halides is 2. The van der Waals surface area contributed by atoms with Crippen LogP contribution in [0.4, 0.5) is 18.9 Å². The number of nitrogens with one attached hydrogen (secondary N) is 1. The van der Waals surface area contributed by atoms with Gasteiger partial charge in [-0.15, -0.1) is 0 Å². The van der Waals surface area contributed by atoms with Crippen molar-refractivity contribution in [2.24, 2.45) is 10.7 Å². The normalized spacial score (nSPS) is 22.1. The zero-order valence-electron chi connectivity index (χ0n) is 18.8. The van der Waals surface area contributed by atoms with Crippen molar-refractivity contribution in [1.29, 1.82) is 0 Å². The number of anilines is 1. The monoisotopic (exact) mass is 499 g/mol. The molecule has 13 heteroatoms. The number of nitrogens with zero attached hydrogens (tertiary/aromatic N) is 3. The third kappa shape index (κ3) is 4.71. The number of hydrogen-bond donors (Lipinski definition) is 2. The fourth-order valence-electron chi connectivity index (χ4n) is 3.52. The lowest BCUT2D eigenvalue weighted by Gasteiger charge is -2.29. The number of carbonyl (C=O) groups is 1. The molecule has 1 aliphatic rings. The predicted molar refractivity (Wildman–Crippen MR) is 120 cm³/mol. The zero-order valence-corrected chi connectivity index (χ0v) is 19.7. The summed E-state index contributed by atoms with van der Waals surface area (Å²) in [6, 6.07) is 6.10. The number of ether oxygens (including phenoxy) is 1. The highest BCUT2D eigenvalue weighted by Gasteiger charge is 2.48. The first-order chi connectivity index (χ1) is 15.7. The van der Waals surface area contributed by atoms with E-state index in [-0.39, 0.29) is 35.1 Å². The maximum atomic E-state index is 14.9. The summed E-state index contributed by atoms with van der Waals surface area (Å²) in [5, 5.41) is 2.54. The quantitative estimate of drug-likeness (QED) is 0.651. The van der Waals surface area contributed by atoms with Gasteiger partial charge in [0, 0.05) is 24.8 Å². The molecule has 0 radical (unpaired) electrons. The molecule has 1 aromatic heterocycles. The second-order valence-corrected chi connectivity index (χ2v) is 11.0. The van der Waals surface area contributed by atoms with Crippen molar-refractivity contribution < 1.29 is 31.1 Å². The highest BCUT2D eigenvalue weighted by Crippen LogP contribution is 2.36. The third-order valence-corrected chi connectivity index (χ3v) is 8.02. The van der Waals surface area contributed by atoms with E-state index in [9.17, 15) is 26.4 Å². The molecule has 1 amide bonds. The molecule has 1 aliphatic heterocycles. The van der Waals surface area contributed by atoms with Gasteiger partial charge in [-0.1, -0.05) is 0 Å². The van der Waals surface area contributed by atoms with Gasteiger partial charge in [0.15, 0.2) is 0 Å². The summed E-state index contributed by atoms with van der Waals surface area (Å²) < 4.78 is 69.0. The number of amides is 1. The van der Waals surface area contributed by atoms with Crippen LogP contribution in [0, 0.1) is 5.82 Å². The second kappa shape index (κ2) is 8.87. The third-order valence-electron chi connectivity index (χ3n) is 5.57.